The first kappa shape index (κ1) is 17.4. The molecule has 1 aromatic rings. The number of carbonyl (C=O) groups is 3. The first-order chi connectivity index (χ1) is 10.6. The number of hydrogen-bond acceptors (Lipinski definition) is 5. The normalized spacial score (nSPS) is 10.9. The predicted octanol–water partition coefficient (Wildman–Crippen LogP) is 0.783. The number of anilines is 1. The van der Waals surface area contributed by atoms with E-state index >= 15 is 0 Å². The van der Waals surface area contributed by atoms with Crippen molar-refractivity contribution in [2.24, 2.45) is 0 Å². The number of allylic oxidation sites excluding steroid dienone is 1. The van der Waals surface area contributed by atoms with E-state index in [1.54, 1.807) is 0 Å². The molecule has 22 heavy (non-hydrogen) atoms. The third-order valence-corrected chi connectivity index (χ3v) is 2.78. The summed E-state index contributed by atoms with van der Waals surface area (Å²) in [7, 11) is 0. The summed E-state index contributed by atoms with van der Waals surface area (Å²) >= 11 is 0. The highest BCUT2D eigenvalue weighted by atomic mass is 16.2. The summed E-state index contributed by atoms with van der Waals surface area (Å²) in [5.74, 6) is -0.618. The monoisotopic (exact) mass is 304 g/mol. The molecule has 2 amide bonds. The largest absolute Gasteiger partial charge is 0.384 e. The molecule has 1 rings (SSSR count). The molecule has 0 aliphatic rings. The number of rotatable bonds is 8. The van der Waals surface area contributed by atoms with E-state index in [-0.39, 0.29) is 17.7 Å². The molecule has 0 spiro atoms. The molecule has 7 nitrogen and oxygen atoms in total. The number of aromatic nitrogens is 1. The van der Waals surface area contributed by atoms with Crippen LogP contribution >= 0.6 is 0 Å². The maximum Gasteiger partial charge on any atom is 0.267 e. The first-order valence-electron chi connectivity index (χ1n) is 7.03. The van der Waals surface area contributed by atoms with Crippen LogP contribution in [0.3, 0.4) is 0 Å². The number of nitrogen functional groups attached to an aromatic ring is 1. The Bertz CT molecular complexity index is 552. The lowest BCUT2D eigenvalue weighted by atomic mass is 10.2. The molecular formula is C15H20N4O3. The molecule has 0 saturated carbocycles. The number of aldehydes is 1. The van der Waals surface area contributed by atoms with E-state index < -0.39 is 11.8 Å². The van der Waals surface area contributed by atoms with Gasteiger partial charge in [-0.1, -0.05) is 13.3 Å². The second kappa shape index (κ2) is 9.28. The van der Waals surface area contributed by atoms with Gasteiger partial charge in [0.15, 0.2) is 0 Å². The van der Waals surface area contributed by atoms with Crippen LogP contribution in [0, 0.1) is 0 Å². The van der Waals surface area contributed by atoms with Crippen molar-refractivity contribution in [3.8, 4) is 0 Å². The van der Waals surface area contributed by atoms with Crippen LogP contribution in [0.4, 0.5) is 5.82 Å². The zero-order chi connectivity index (χ0) is 16.4. The summed E-state index contributed by atoms with van der Waals surface area (Å²) in [6.45, 7) is 2.51. The quantitative estimate of drug-likeness (QED) is 0.373. The number of nitrogens with zero attached hydrogens (tertiary/aromatic N) is 1. The lowest BCUT2D eigenvalue weighted by molar-refractivity contribution is -0.117. The van der Waals surface area contributed by atoms with E-state index in [2.05, 4.69) is 15.6 Å². The van der Waals surface area contributed by atoms with Crippen molar-refractivity contribution in [2.45, 2.75) is 26.2 Å². The minimum absolute atomic E-state index is 0.0385. The molecule has 0 bridgehead atoms. The van der Waals surface area contributed by atoms with Crippen LogP contribution in [0.15, 0.2) is 30.1 Å². The van der Waals surface area contributed by atoms with Gasteiger partial charge in [-0.25, -0.2) is 4.98 Å². The van der Waals surface area contributed by atoms with Crippen molar-refractivity contribution in [3.63, 3.8) is 0 Å². The van der Waals surface area contributed by atoms with Crippen LogP contribution in [-0.2, 0) is 9.59 Å². The van der Waals surface area contributed by atoms with E-state index in [1.165, 1.54) is 24.4 Å². The molecule has 0 aromatic carbocycles. The number of unbranched alkanes of at least 4 members (excludes halogenated alkanes) is 1. The fourth-order valence-corrected chi connectivity index (χ4v) is 1.57. The Hall–Kier alpha value is -2.70. The lowest BCUT2D eigenvalue weighted by Gasteiger charge is -2.10. The van der Waals surface area contributed by atoms with Crippen LogP contribution < -0.4 is 16.4 Å². The third-order valence-electron chi connectivity index (χ3n) is 2.78. The topological polar surface area (TPSA) is 114 Å². The Morgan fingerprint density at radius 3 is 2.73 bits per heavy atom. The molecule has 118 valence electrons. The molecule has 0 saturated heterocycles. The molecule has 4 N–H and O–H groups in total. The van der Waals surface area contributed by atoms with Gasteiger partial charge in [-0.15, -0.1) is 0 Å². The summed E-state index contributed by atoms with van der Waals surface area (Å²) in [5, 5.41) is 5.17. The van der Waals surface area contributed by atoms with E-state index in [0.717, 1.165) is 12.8 Å². The van der Waals surface area contributed by atoms with Gasteiger partial charge in [0.1, 0.15) is 17.8 Å². The van der Waals surface area contributed by atoms with Crippen molar-refractivity contribution in [1.82, 2.24) is 15.6 Å². The maximum absolute atomic E-state index is 12.1. The van der Waals surface area contributed by atoms with Gasteiger partial charge in [-0.05, 0) is 24.6 Å². The van der Waals surface area contributed by atoms with Gasteiger partial charge in [0.05, 0.1) is 5.56 Å². The van der Waals surface area contributed by atoms with Gasteiger partial charge >= 0.3 is 0 Å². The number of pyridine rings is 1. The van der Waals surface area contributed by atoms with Crippen LogP contribution in [0.1, 0.15) is 36.5 Å². The maximum atomic E-state index is 12.1. The minimum Gasteiger partial charge on any atom is -0.384 e. The first-order valence-corrected chi connectivity index (χ1v) is 7.03. The molecule has 0 fully saturated rings. The molecule has 0 unspecified atom stereocenters. The summed E-state index contributed by atoms with van der Waals surface area (Å²) in [6.07, 6.45) is 5.15. The Morgan fingerprint density at radius 1 is 1.36 bits per heavy atom. The average Bonchev–Trinajstić information content (AvgIpc) is 2.52. The van der Waals surface area contributed by atoms with Gasteiger partial charge in [0, 0.05) is 19.2 Å². The summed E-state index contributed by atoms with van der Waals surface area (Å²) in [4.78, 5) is 38.4. The number of nitrogens with one attached hydrogen (secondary N) is 2. The highest BCUT2D eigenvalue weighted by molar-refractivity contribution is 6.02. The van der Waals surface area contributed by atoms with E-state index in [4.69, 9.17) is 5.73 Å². The van der Waals surface area contributed by atoms with Gasteiger partial charge in [-0.2, -0.15) is 0 Å². The van der Waals surface area contributed by atoms with Crippen LogP contribution in [-0.4, -0.2) is 29.6 Å². The van der Waals surface area contributed by atoms with Crippen molar-refractivity contribution < 1.29 is 14.4 Å². The number of nitrogens with two attached hydrogens (primary N) is 1. The lowest BCUT2D eigenvalue weighted by Crippen LogP contribution is -2.35. The molecule has 0 radical (unpaired) electrons. The van der Waals surface area contributed by atoms with Crippen LogP contribution in [0.2, 0.25) is 0 Å². The second-order valence-corrected chi connectivity index (χ2v) is 4.56. The molecular weight excluding hydrogens is 284 g/mol. The Kier molecular flexibility index (Phi) is 7.32. The highest BCUT2D eigenvalue weighted by Gasteiger charge is 2.14. The van der Waals surface area contributed by atoms with E-state index in [0.29, 0.717) is 18.6 Å². The summed E-state index contributed by atoms with van der Waals surface area (Å²) in [6, 6.07) is 3.00. The summed E-state index contributed by atoms with van der Waals surface area (Å²) in [5.41, 5.74) is 5.77. The van der Waals surface area contributed by atoms with Crippen molar-refractivity contribution >= 4 is 23.9 Å². The van der Waals surface area contributed by atoms with Crippen molar-refractivity contribution in [1.29, 1.82) is 0 Å². The number of hydrogen-bond donors (Lipinski definition) is 3. The molecule has 7 heteroatoms. The molecule has 1 heterocycles. The molecule has 1 aromatic heterocycles. The average molecular weight is 304 g/mol. The third kappa shape index (κ3) is 5.74. The number of amides is 2. The molecule has 0 aliphatic carbocycles. The SMILES string of the molecule is CCCCNC(=O)/C(=C/CC=O)NC(=O)c1ccc(N)nc1. The van der Waals surface area contributed by atoms with E-state index in [9.17, 15) is 14.4 Å². The van der Waals surface area contributed by atoms with Crippen molar-refractivity contribution in [2.75, 3.05) is 12.3 Å². The van der Waals surface area contributed by atoms with Gasteiger partial charge in [0.2, 0.25) is 0 Å². The zero-order valence-electron chi connectivity index (χ0n) is 12.5. The van der Waals surface area contributed by atoms with E-state index in [1.807, 2.05) is 6.92 Å². The van der Waals surface area contributed by atoms with Crippen molar-refractivity contribution in [3.05, 3.63) is 35.7 Å². The Labute approximate surface area is 129 Å². The fraction of sp³-hybridized carbons (Fsp3) is 0.333. The Balaban J connectivity index is 2.75. The second-order valence-electron chi connectivity index (χ2n) is 4.56. The fourth-order valence-electron chi connectivity index (χ4n) is 1.57. The Morgan fingerprint density at radius 2 is 2.14 bits per heavy atom. The van der Waals surface area contributed by atoms with Gasteiger partial charge in [0.25, 0.3) is 11.8 Å². The molecule has 0 atom stereocenters. The minimum atomic E-state index is -0.490. The zero-order valence-corrected chi connectivity index (χ0v) is 12.5. The standard InChI is InChI=1S/C15H20N4O3/c1-2-3-8-17-15(22)12(5-4-9-20)19-14(21)11-6-7-13(16)18-10-11/h5-7,9-10H,2-4,8H2,1H3,(H2,16,18)(H,17,22)(H,19,21)/b12-5-. The molecule has 0 aliphatic heterocycles. The highest BCUT2D eigenvalue weighted by Crippen LogP contribution is 2.03. The number of carbonyl (C=O) groups excluding carboxylic acids is 3. The predicted molar refractivity (Wildman–Crippen MR) is 82.8 cm³/mol. The summed E-state index contributed by atoms with van der Waals surface area (Å²) < 4.78 is 0. The smallest absolute Gasteiger partial charge is 0.267 e. The van der Waals surface area contributed by atoms with Gasteiger partial charge in [-0.3, -0.25) is 9.59 Å². The van der Waals surface area contributed by atoms with Crippen LogP contribution in [0.5, 0.6) is 0 Å². The van der Waals surface area contributed by atoms with Crippen LogP contribution in [0.25, 0.3) is 0 Å². The van der Waals surface area contributed by atoms with Gasteiger partial charge < -0.3 is 21.2 Å².